The minimum Gasteiger partial charge on any atom is -0.459 e. The molecule has 0 saturated heterocycles. The Morgan fingerprint density at radius 3 is 2.21 bits per heavy atom. The molecule has 0 aliphatic carbocycles. The highest BCUT2D eigenvalue weighted by molar-refractivity contribution is 7.87. The fraction of sp³-hybridized carbons (Fsp3) is 0.440. The molecule has 2 aromatic carbocycles. The zero-order valence-corrected chi connectivity index (χ0v) is 20.9. The highest BCUT2D eigenvalue weighted by Gasteiger charge is 2.26. The Morgan fingerprint density at radius 2 is 1.61 bits per heavy atom. The molecule has 0 radical (unpaired) electrons. The summed E-state index contributed by atoms with van der Waals surface area (Å²) in [6.07, 6.45) is 0.0413. The van der Waals surface area contributed by atoms with Crippen molar-refractivity contribution < 1.29 is 26.9 Å². The van der Waals surface area contributed by atoms with Gasteiger partial charge in [-0.2, -0.15) is 8.42 Å². The first-order chi connectivity index (χ1) is 15.4. The van der Waals surface area contributed by atoms with Gasteiger partial charge in [-0.15, -0.1) is 0 Å². The number of carbonyl (C=O) groups is 2. The highest BCUT2D eigenvalue weighted by atomic mass is 32.2. The van der Waals surface area contributed by atoms with Gasteiger partial charge in [-0.25, -0.2) is 4.79 Å². The average Bonchev–Trinajstić information content (AvgIpc) is 2.70. The summed E-state index contributed by atoms with van der Waals surface area (Å²) in [5.41, 5.74) is 0.647. The van der Waals surface area contributed by atoms with Crippen LogP contribution in [-0.2, 0) is 26.2 Å². The van der Waals surface area contributed by atoms with Crippen molar-refractivity contribution in [2.45, 2.75) is 71.5 Å². The molecular weight excluding hydrogens is 442 g/mol. The number of rotatable bonds is 10. The fourth-order valence-corrected chi connectivity index (χ4v) is 4.33. The molecule has 0 bridgehead atoms. The van der Waals surface area contributed by atoms with Crippen molar-refractivity contribution in [3.63, 3.8) is 0 Å². The minimum atomic E-state index is -4.30. The van der Waals surface area contributed by atoms with E-state index in [0.29, 0.717) is 13.0 Å². The molecular formula is C25H33NO6S. The molecule has 0 atom stereocenters. The molecule has 180 valence electrons. The second-order valence-electron chi connectivity index (χ2n) is 8.85. The third-order valence-corrected chi connectivity index (χ3v) is 6.01. The molecule has 0 saturated carbocycles. The normalized spacial score (nSPS) is 11.7. The molecule has 1 amide bonds. The maximum atomic E-state index is 13.0. The van der Waals surface area contributed by atoms with E-state index in [2.05, 4.69) is 0 Å². The SMILES string of the molecule is CC(C)CC(=O)N(Cc1cccc(OS(=O)(=O)c2ccccc2C(=O)OC(C)C)c1)C(C)C. The van der Waals surface area contributed by atoms with Crippen LogP contribution in [0.4, 0.5) is 0 Å². The first-order valence-corrected chi connectivity index (χ1v) is 12.4. The molecule has 33 heavy (non-hydrogen) atoms. The molecule has 0 aliphatic heterocycles. The van der Waals surface area contributed by atoms with Crippen LogP contribution in [0.15, 0.2) is 53.4 Å². The number of carbonyl (C=O) groups excluding carboxylic acids is 2. The predicted molar refractivity (Wildman–Crippen MR) is 126 cm³/mol. The number of ether oxygens (including phenoxy) is 1. The molecule has 2 rings (SSSR count). The molecule has 0 aliphatic rings. The average molecular weight is 476 g/mol. The summed E-state index contributed by atoms with van der Waals surface area (Å²) in [4.78, 5) is 26.5. The van der Waals surface area contributed by atoms with Gasteiger partial charge in [0, 0.05) is 19.0 Å². The van der Waals surface area contributed by atoms with Gasteiger partial charge in [-0.05, 0) is 63.4 Å². The van der Waals surface area contributed by atoms with Crippen LogP contribution >= 0.6 is 0 Å². The Bertz CT molecular complexity index is 1080. The summed E-state index contributed by atoms with van der Waals surface area (Å²) >= 11 is 0. The molecule has 8 heteroatoms. The van der Waals surface area contributed by atoms with Crippen LogP contribution in [0.25, 0.3) is 0 Å². The van der Waals surface area contributed by atoms with Crippen molar-refractivity contribution >= 4 is 22.0 Å². The number of hydrogen-bond acceptors (Lipinski definition) is 6. The Morgan fingerprint density at radius 1 is 0.939 bits per heavy atom. The third-order valence-electron chi connectivity index (χ3n) is 4.70. The zero-order chi connectivity index (χ0) is 24.8. The second-order valence-corrected chi connectivity index (χ2v) is 10.4. The van der Waals surface area contributed by atoms with Crippen LogP contribution in [0.2, 0.25) is 0 Å². The van der Waals surface area contributed by atoms with E-state index >= 15 is 0 Å². The summed E-state index contributed by atoms with van der Waals surface area (Å²) in [7, 11) is -4.30. The lowest BCUT2D eigenvalue weighted by molar-refractivity contribution is -0.134. The molecule has 2 aromatic rings. The smallest absolute Gasteiger partial charge is 0.340 e. The number of benzene rings is 2. The predicted octanol–water partition coefficient (Wildman–Crippen LogP) is 4.80. The van der Waals surface area contributed by atoms with Crippen molar-refractivity contribution in [2.75, 3.05) is 0 Å². The first kappa shape index (κ1) is 26.4. The highest BCUT2D eigenvalue weighted by Crippen LogP contribution is 2.24. The Kier molecular flexibility index (Phi) is 9.05. The summed E-state index contributed by atoms with van der Waals surface area (Å²) in [6.45, 7) is 11.6. The summed E-state index contributed by atoms with van der Waals surface area (Å²) < 4.78 is 36.5. The summed E-state index contributed by atoms with van der Waals surface area (Å²) in [5, 5.41) is 0. The quantitative estimate of drug-likeness (QED) is 0.362. The van der Waals surface area contributed by atoms with Gasteiger partial charge in [0.2, 0.25) is 5.91 Å². The Hall–Kier alpha value is -2.87. The van der Waals surface area contributed by atoms with E-state index in [1.165, 1.54) is 24.3 Å². The number of hydrogen-bond donors (Lipinski definition) is 0. The molecule has 0 spiro atoms. The lowest BCUT2D eigenvalue weighted by Gasteiger charge is -2.28. The van der Waals surface area contributed by atoms with E-state index in [1.807, 2.05) is 33.8 Å². The Balaban J connectivity index is 2.28. The van der Waals surface area contributed by atoms with Gasteiger partial charge in [0.05, 0.1) is 11.7 Å². The van der Waals surface area contributed by atoms with Crippen LogP contribution < -0.4 is 4.18 Å². The largest absolute Gasteiger partial charge is 0.459 e. The van der Waals surface area contributed by atoms with Gasteiger partial charge in [-0.3, -0.25) is 4.79 Å². The van der Waals surface area contributed by atoms with Gasteiger partial charge in [0.15, 0.2) is 0 Å². The lowest BCUT2D eigenvalue weighted by atomic mass is 10.1. The molecule has 7 nitrogen and oxygen atoms in total. The molecule has 0 unspecified atom stereocenters. The van der Waals surface area contributed by atoms with Crippen molar-refractivity contribution in [1.82, 2.24) is 4.90 Å². The van der Waals surface area contributed by atoms with Crippen molar-refractivity contribution in [3.05, 3.63) is 59.7 Å². The van der Waals surface area contributed by atoms with E-state index in [1.54, 1.807) is 36.9 Å². The maximum Gasteiger partial charge on any atom is 0.340 e. The monoisotopic (exact) mass is 475 g/mol. The minimum absolute atomic E-state index is 0.0107. The van der Waals surface area contributed by atoms with Crippen molar-refractivity contribution in [3.8, 4) is 5.75 Å². The van der Waals surface area contributed by atoms with E-state index in [-0.39, 0.29) is 34.1 Å². The van der Waals surface area contributed by atoms with Gasteiger partial charge in [-0.1, -0.05) is 38.1 Å². The van der Waals surface area contributed by atoms with E-state index in [4.69, 9.17) is 8.92 Å². The Labute approximate surface area is 196 Å². The lowest BCUT2D eigenvalue weighted by Crippen LogP contribution is -2.36. The van der Waals surface area contributed by atoms with E-state index in [0.717, 1.165) is 5.56 Å². The van der Waals surface area contributed by atoms with E-state index in [9.17, 15) is 18.0 Å². The van der Waals surface area contributed by atoms with Crippen LogP contribution in [0.5, 0.6) is 5.75 Å². The third kappa shape index (κ3) is 7.60. The standard InChI is InChI=1S/C25H33NO6S/c1-17(2)14-24(27)26(18(3)4)16-20-10-9-11-21(15-20)32-33(29,30)23-13-8-7-12-22(23)25(28)31-19(5)6/h7-13,15,17-19H,14,16H2,1-6H3. The van der Waals surface area contributed by atoms with Crippen LogP contribution in [0, 0.1) is 5.92 Å². The van der Waals surface area contributed by atoms with Crippen LogP contribution in [0.1, 0.15) is 63.9 Å². The maximum absolute atomic E-state index is 13.0. The van der Waals surface area contributed by atoms with Gasteiger partial charge < -0.3 is 13.8 Å². The zero-order valence-electron chi connectivity index (χ0n) is 20.1. The summed E-state index contributed by atoms with van der Waals surface area (Å²) in [5.74, 6) is -0.366. The first-order valence-electron chi connectivity index (χ1n) is 11.0. The van der Waals surface area contributed by atoms with E-state index < -0.39 is 22.2 Å². The van der Waals surface area contributed by atoms with Crippen LogP contribution in [-0.4, -0.2) is 37.3 Å². The molecule has 0 N–H and O–H groups in total. The topological polar surface area (TPSA) is 90.0 Å². The summed E-state index contributed by atoms with van der Waals surface area (Å²) in [6, 6.07) is 12.3. The fourth-order valence-electron chi connectivity index (χ4n) is 3.22. The molecule has 0 heterocycles. The second kappa shape index (κ2) is 11.3. The molecule has 0 aromatic heterocycles. The van der Waals surface area contributed by atoms with Crippen LogP contribution in [0.3, 0.4) is 0 Å². The molecule has 0 fully saturated rings. The van der Waals surface area contributed by atoms with Crippen molar-refractivity contribution in [1.29, 1.82) is 0 Å². The van der Waals surface area contributed by atoms with Crippen molar-refractivity contribution in [2.24, 2.45) is 5.92 Å². The number of esters is 1. The van der Waals surface area contributed by atoms with Gasteiger partial charge in [0.25, 0.3) is 0 Å². The number of nitrogens with zero attached hydrogens (tertiary/aromatic N) is 1. The van der Waals surface area contributed by atoms with Gasteiger partial charge >= 0.3 is 16.1 Å². The van der Waals surface area contributed by atoms with Gasteiger partial charge in [0.1, 0.15) is 10.6 Å². The number of amides is 1.